The molecule has 0 saturated heterocycles. The zero-order valence-electron chi connectivity index (χ0n) is 16.8. The summed E-state index contributed by atoms with van der Waals surface area (Å²) in [6, 6.07) is 0. The number of aromatic nitrogens is 2. The van der Waals surface area contributed by atoms with Crippen molar-refractivity contribution in [3.8, 4) is 0 Å². The molecular weight excluding hydrogens is 402 g/mol. The summed E-state index contributed by atoms with van der Waals surface area (Å²) < 4.78 is 29.7. The van der Waals surface area contributed by atoms with E-state index in [2.05, 4.69) is 5.10 Å². The van der Waals surface area contributed by atoms with Crippen LogP contribution in [0.25, 0.3) is 0 Å². The highest BCUT2D eigenvalue weighted by molar-refractivity contribution is 7.94. The second-order valence-corrected chi connectivity index (χ2v) is 10.8. The van der Waals surface area contributed by atoms with Crippen LogP contribution in [0.3, 0.4) is 0 Å². The second-order valence-electron chi connectivity index (χ2n) is 7.95. The third kappa shape index (κ3) is 3.24. The Morgan fingerprint density at radius 3 is 2.45 bits per heavy atom. The number of aliphatic hydroxyl groups excluding tert-OH is 2. The van der Waals surface area contributed by atoms with Gasteiger partial charge in [0.2, 0.25) is 0 Å². The molecule has 0 bridgehead atoms. The van der Waals surface area contributed by atoms with Crippen LogP contribution in [0.15, 0.2) is 0 Å². The Morgan fingerprint density at radius 2 is 1.93 bits per heavy atom. The Labute approximate surface area is 169 Å². The third-order valence-corrected chi connectivity index (χ3v) is 9.14. The molecule has 1 aromatic heterocycles. The van der Waals surface area contributed by atoms with Gasteiger partial charge in [-0.25, -0.2) is 13.2 Å². The Kier molecular flexibility index (Phi) is 5.52. The van der Waals surface area contributed by atoms with E-state index in [0.29, 0.717) is 24.8 Å². The van der Waals surface area contributed by atoms with Crippen molar-refractivity contribution in [2.45, 2.75) is 42.6 Å². The zero-order valence-corrected chi connectivity index (χ0v) is 17.7. The summed E-state index contributed by atoms with van der Waals surface area (Å²) in [6.45, 7) is 2.01. The number of aryl methyl sites for hydroxylation is 1. The number of carbonyl (C=O) groups excluding carboxylic acids is 2. The van der Waals surface area contributed by atoms with Crippen molar-refractivity contribution in [3.05, 3.63) is 17.0 Å². The van der Waals surface area contributed by atoms with Crippen LogP contribution in [0.4, 0.5) is 0 Å². The van der Waals surface area contributed by atoms with Crippen molar-refractivity contribution in [2.75, 3.05) is 32.9 Å². The number of carbonyl (C=O) groups is 2. The van der Waals surface area contributed by atoms with Gasteiger partial charge in [0.15, 0.2) is 15.5 Å². The Balaban J connectivity index is 1.88. The summed E-state index contributed by atoms with van der Waals surface area (Å²) in [7, 11) is -2.35. The number of amides is 1. The van der Waals surface area contributed by atoms with Gasteiger partial charge in [0.25, 0.3) is 5.91 Å². The van der Waals surface area contributed by atoms with E-state index in [1.807, 2.05) is 0 Å². The molecule has 1 saturated carbocycles. The summed E-state index contributed by atoms with van der Waals surface area (Å²) in [5.74, 6) is -0.985. The van der Waals surface area contributed by atoms with Gasteiger partial charge in [-0.2, -0.15) is 5.10 Å². The van der Waals surface area contributed by atoms with E-state index < -0.39 is 44.4 Å². The van der Waals surface area contributed by atoms with Crippen LogP contribution in [0.2, 0.25) is 0 Å². The first-order valence-electron chi connectivity index (χ1n) is 9.55. The van der Waals surface area contributed by atoms with E-state index in [9.17, 15) is 28.2 Å². The maximum atomic E-state index is 13.1. The van der Waals surface area contributed by atoms with Crippen molar-refractivity contribution in [1.29, 1.82) is 0 Å². The minimum Gasteiger partial charge on any atom is -0.461 e. The van der Waals surface area contributed by atoms with Gasteiger partial charge in [0.05, 0.1) is 24.6 Å². The molecule has 0 radical (unpaired) electrons. The number of aliphatic hydroxyl groups is 2. The van der Waals surface area contributed by atoms with Crippen LogP contribution in [-0.2, 0) is 28.0 Å². The van der Waals surface area contributed by atoms with E-state index in [1.54, 1.807) is 14.0 Å². The van der Waals surface area contributed by atoms with Gasteiger partial charge in [-0.15, -0.1) is 0 Å². The highest BCUT2D eigenvalue weighted by Gasteiger charge is 2.62. The number of sulfone groups is 1. The molecule has 2 aliphatic rings. The van der Waals surface area contributed by atoms with Gasteiger partial charge in [0.1, 0.15) is 10.4 Å². The van der Waals surface area contributed by atoms with Crippen LogP contribution in [0.1, 0.15) is 53.2 Å². The lowest BCUT2D eigenvalue weighted by Crippen LogP contribution is -2.54. The van der Waals surface area contributed by atoms with E-state index in [1.165, 1.54) is 16.5 Å². The van der Waals surface area contributed by atoms with Crippen molar-refractivity contribution in [2.24, 2.45) is 7.05 Å². The molecule has 10 nitrogen and oxygen atoms in total. The molecule has 1 fully saturated rings. The number of esters is 1. The number of ether oxygens (including phenoxy) is 1. The lowest BCUT2D eigenvalue weighted by molar-refractivity contribution is 0.0517. The molecule has 1 aliphatic carbocycles. The number of hydrogen-bond donors (Lipinski definition) is 2. The van der Waals surface area contributed by atoms with Gasteiger partial charge in [-0.3, -0.25) is 9.48 Å². The first kappa shape index (κ1) is 21.7. The van der Waals surface area contributed by atoms with Gasteiger partial charge in [-0.1, -0.05) is 0 Å². The smallest absolute Gasteiger partial charge is 0.359 e. The molecule has 1 aliphatic heterocycles. The molecule has 0 unspecified atom stereocenters. The number of fused-ring (bicyclic) bond motifs is 1. The summed E-state index contributed by atoms with van der Waals surface area (Å²) in [5.41, 5.74) is 0.870. The van der Waals surface area contributed by atoms with Gasteiger partial charge in [0, 0.05) is 25.7 Å². The standard InChI is InChI=1S/C18H27N3O7S/c1-4-28-16(25)13-12-5-8-21(15(24)14(12)20(3)19-13)9-18(6-7-18)29(26,27)17(2,10-22)11-23/h22-23H,4-11H2,1-3H3. The van der Waals surface area contributed by atoms with Crippen LogP contribution < -0.4 is 0 Å². The number of nitrogens with zero attached hydrogens (tertiary/aromatic N) is 3. The van der Waals surface area contributed by atoms with Crippen LogP contribution in [0.5, 0.6) is 0 Å². The largest absolute Gasteiger partial charge is 0.461 e. The quantitative estimate of drug-likeness (QED) is 0.517. The highest BCUT2D eigenvalue weighted by Crippen LogP contribution is 2.49. The maximum absolute atomic E-state index is 13.1. The highest BCUT2D eigenvalue weighted by atomic mass is 32.2. The van der Waals surface area contributed by atoms with Crippen LogP contribution in [0, 0.1) is 0 Å². The van der Waals surface area contributed by atoms with E-state index in [4.69, 9.17) is 4.74 Å². The lowest BCUT2D eigenvalue weighted by atomic mass is 10.0. The number of hydrogen-bond acceptors (Lipinski definition) is 8. The predicted octanol–water partition coefficient (Wildman–Crippen LogP) is -0.714. The van der Waals surface area contributed by atoms with E-state index >= 15 is 0 Å². The van der Waals surface area contributed by atoms with Crippen molar-refractivity contribution < 1.29 is 33.0 Å². The summed E-state index contributed by atoms with van der Waals surface area (Å²) >= 11 is 0. The molecule has 29 heavy (non-hydrogen) atoms. The van der Waals surface area contributed by atoms with Crippen LogP contribution in [-0.4, -0.2) is 87.6 Å². The zero-order chi connectivity index (χ0) is 21.6. The normalized spacial score (nSPS) is 18.5. The molecular formula is C18H27N3O7S. The second kappa shape index (κ2) is 7.37. The fraction of sp³-hybridized carbons (Fsp3) is 0.722. The van der Waals surface area contributed by atoms with E-state index in [0.717, 1.165) is 0 Å². The average Bonchev–Trinajstić information content (AvgIpc) is 3.40. The van der Waals surface area contributed by atoms with E-state index in [-0.39, 0.29) is 31.1 Å². The monoisotopic (exact) mass is 429 g/mol. The Hall–Kier alpha value is -1.98. The molecule has 0 spiro atoms. The summed E-state index contributed by atoms with van der Waals surface area (Å²) in [6.07, 6.45) is 1.08. The molecule has 0 aromatic carbocycles. The molecule has 3 rings (SSSR count). The summed E-state index contributed by atoms with van der Waals surface area (Å²) in [4.78, 5) is 26.6. The fourth-order valence-electron chi connectivity index (χ4n) is 3.83. The van der Waals surface area contributed by atoms with Crippen molar-refractivity contribution >= 4 is 21.7 Å². The average molecular weight is 429 g/mol. The third-order valence-electron chi connectivity index (χ3n) is 5.91. The molecule has 1 amide bonds. The minimum atomic E-state index is -3.91. The van der Waals surface area contributed by atoms with Gasteiger partial charge in [-0.05, 0) is 33.1 Å². The topological polar surface area (TPSA) is 139 Å². The Morgan fingerprint density at radius 1 is 1.31 bits per heavy atom. The number of rotatable bonds is 8. The Bertz CT molecular complexity index is 929. The molecule has 162 valence electrons. The van der Waals surface area contributed by atoms with Gasteiger partial charge >= 0.3 is 5.97 Å². The minimum absolute atomic E-state index is 0.0247. The maximum Gasteiger partial charge on any atom is 0.359 e. The SMILES string of the molecule is CCOC(=O)c1nn(C)c2c1CCN(CC1(S(=O)(=O)C(C)(CO)CO)CC1)C2=O. The summed E-state index contributed by atoms with van der Waals surface area (Å²) in [5, 5.41) is 23.3. The van der Waals surface area contributed by atoms with Crippen molar-refractivity contribution in [3.63, 3.8) is 0 Å². The lowest BCUT2D eigenvalue weighted by Gasteiger charge is -2.35. The fourth-order valence-corrected chi connectivity index (χ4v) is 6.18. The molecule has 2 heterocycles. The van der Waals surface area contributed by atoms with Crippen molar-refractivity contribution in [1.82, 2.24) is 14.7 Å². The first-order chi connectivity index (χ1) is 13.6. The molecule has 1 aromatic rings. The predicted molar refractivity (Wildman–Crippen MR) is 102 cm³/mol. The molecule has 2 N–H and O–H groups in total. The molecule has 11 heteroatoms. The van der Waals surface area contributed by atoms with Gasteiger partial charge < -0.3 is 19.8 Å². The first-order valence-corrected chi connectivity index (χ1v) is 11.0. The molecule has 0 atom stereocenters. The van der Waals surface area contributed by atoms with Crippen LogP contribution >= 0.6 is 0 Å².